The minimum absolute atomic E-state index is 0. The molecule has 0 aliphatic rings. The van der Waals surface area contributed by atoms with E-state index in [0.717, 1.165) is 0 Å². The van der Waals surface area contributed by atoms with Crippen molar-refractivity contribution >= 4 is 19.2 Å². The largest absolute Gasteiger partial charge is 1.00 e. The van der Waals surface area contributed by atoms with Crippen LogP contribution in [0.3, 0.4) is 0 Å². The van der Waals surface area contributed by atoms with Gasteiger partial charge in [-0.25, -0.2) is 4.57 Å². The quantitative estimate of drug-likeness (QED) is 0.238. The summed E-state index contributed by atoms with van der Waals surface area (Å²) in [7, 11) is -4.77. The minimum atomic E-state index is -4.77. The van der Waals surface area contributed by atoms with Gasteiger partial charge in [0.2, 0.25) is 0 Å². The van der Waals surface area contributed by atoms with Crippen molar-refractivity contribution in [2.24, 2.45) is 0 Å². The van der Waals surface area contributed by atoms with Crippen LogP contribution in [-0.4, -0.2) is 18.5 Å². The molecular formula is H5Na2O6PS. The van der Waals surface area contributed by atoms with Gasteiger partial charge in [-0.1, -0.05) is 0 Å². The van der Waals surface area contributed by atoms with Crippen molar-refractivity contribution in [3.63, 3.8) is 0 Å². The van der Waals surface area contributed by atoms with E-state index < -0.39 is 19.2 Å². The Kier molecular flexibility index (Phi) is 14.2. The Hall–Kier alpha value is 2.22. The van der Waals surface area contributed by atoms with E-state index in [2.05, 4.69) is 3.97 Å². The predicted molar refractivity (Wildman–Crippen MR) is 26.1 cm³/mol. The molecule has 0 heterocycles. The molecule has 1 atom stereocenters. The fraction of sp³-hybridized carbons (Fsp3) is 0. The van der Waals surface area contributed by atoms with Crippen molar-refractivity contribution in [1.29, 1.82) is 0 Å². The normalized spacial score (nSPS) is 12.7. The zero-order chi connectivity index (χ0) is 6.78. The second-order valence-corrected chi connectivity index (χ2v) is 2.79. The molecule has 0 aromatic heterocycles. The first-order valence-corrected chi connectivity index (χ1v) is 3.84. The molecule has 10 heavy (non-hydrogen) atoms. The fourth-order valence-electron chi connectivity index (χ4n) is 0.0831. The molecule has 0 spiro atoms. The molecule has 1 unspecified atom stereocenters. The molecule has 0 rings (SSSR count). The van der Waals surface area contributed by atoms with Gasteiger partial charge in [0.15, 0.2) is 0 Å². The first-order valence-electron chi connectivity index (χ1n) is 1.28. The first-order chi connectivity index (χ1) is 3.42. The van der Waals surface area contributed by atoms with Crippen LogP contribution in [0.15, 0.2) is 0 Å². The molecule has 0 saturated heterocycles. The third kappa shape index (κ3) is 16.7. The van der Waals surface area contributed by atoms with Crippen LogP contribution >= 0.6 is 7.82 Å². The van der Waals surface area contributed by atoms with Gasteiger partial charge in [0, 0.05) is 0 Å². The zero-order valence-corrected chi connectivity index (χ0v) is 11.1. The monoisotopic (exact) mass is 210 g/mol. The second-order valence-electron chi connectivity index (χ2n) is 0.782. The topological polar surface area (TPSA) is 104 Å². The summed E-state index contributed by atoms with van der Waals surface area (Å²) in [5, 5.41) is 0. The maximum atomic E-state index is 9.56. The Labute approximate surface area is 107 Å². The molecule has 6 nitrogen and oxygen atoms in total. The van der Waals surface area contributed by atoms with Crippen molar-refractivity contribution in [2.75, 3.05) is 0 Å². The van der Waals surface area contributed by atoms with E-state index in [1.165, 1.54) is 0 Å². The molecule has 10 heteroatoms. The number of rotatable bonds is 2. The van der Waals surface area contributed by atoms with E-state index in [0.29, 0.717) is 0 Å². The Morgan fingerprint density at radius 3 is 1.70 bits per heavy atom. The predicted octanol–water partition coefficient (Wildman–Crippen LogP) is -6.53. The summed E-state index contributed by atoms with van der Waals surface area (Å²) in [5.41, 5.74) is 0. The average molecular weight is 210 g/mol. The van der Waals surface area contributed by atoms with Gasteiger partial charge in [0.25, 0.3) is 0 Å². The van der Waals surface area contributed by atoms with Crippen molar-refractivity contribution in [1.82, 2.24) is 0 Å². The van der Waals surface area contributed by atoms with E-state index in [1.807, 2.05) is 0 Å². The fourth-order valence-corrected chi connectivity index (χ4v) is 0.748. The van der Waals surface area contributed by atoms with Crippen molar-refractivity contribution < 1.29 is 89.1 Å². The maximum Gasteiger partial charge on any atom is 1.00 e. The molecule has 0 fully saturated rings. The van der Waals surface area contributed by atoms with Gasteiger partial charge >= 0.3 is 78.3 Å². The third-order valence-electron chi connectivity index (χ3n) is 0.161. The molecule has 54 valence electrons. The van der Waals surface area contributed by atoms with Crippen LogP contribution in [0.5, 0.6) is 0 Å². The molecule has 0 aliphatic heterocycles. The van der Waals surface area contributed by atoms with Gasteiger partial charge in [-0.15, -0.1) is 0 Å². The summed E-state index contributed by atoms with van der Waals surface area (Å²) in [6.45, 7) is 0. The molecule has 0 radical (unpaired) electrons. The van der Waals surface area contributed by atoms with Crippen LogP contribution in [-0.2, 0) is 19.9 Å². The summed E-state index contributed by atoms with van der Waals surface area (Å²) in [6.07, 6.45) is 0. The van der Waals surface area contributed by atoms with Crippen LogP contribution in [0, 0.1) is 0 Å². The number of phosphoric acid groups is 1. The molecule has 0 amide bonds. The zero-order valence-electron chi connectivity index (χ0n) is 7.42. The molecule has 0 bridgehead atoms. The van der Waals surface area contributed by atoms with Crippen molar-refractivity contribution in [2.45, 2.75) is 0 Å². The Balaban J connectivity index is -0.0000000408. The average Bonchev–Trinajstić information content (AvgIpc) is 1.21. The first kappa shape index (κ1) is 18.1. The Morgan fingerprint density at radius 2 is 1.70 bits per heavy atom. The van der Waals surface area contributed by atoms with Crippen molar-refractivity contribution in [3.8, 4) is 0 Å². The van der Waals surface area contributed by atoms with E-state index >= 15 is 0 Å². The summed E-state index contributed by atoms with van der Waals surface area (Å²) in [4.78, 5) is 15.4. The van der Waals surface area contributed by atoms with Gasteiger partial charge in [-0.05, 0) is 0 Å². The van der Waals surface area contributed by atoms with Gasteiger partial charge in [-0.2, -0.15) is 8.18 Å². The molecule has 0 aliphatic carbocycles. The number of hydrogen-bond acceptors (Lipinski definition) is 3. The molecule has 0 aromatic rings. The SMILES string of the molecule is O=S(O)OP(=O)(O)O.[H-].[H-].[Na+].[Na+]. The second kappa shape index (κ2) is 7.85. The van der Waals surface area contributed by atoms with Crippen LogP contribution in [0.2, 0.25) is 0 Å². The Morgan fingerprint density at radius 1 is 1.40 bits per heavy atom. The van der Waals surface area contributed by atoms with Gasteiger partial charge in [-0.3, -0.25) is 4.55 Å². The van der Waals surface area contributed by atoms with E-state index in [-0.39, 0.29) is 62.0 Å². The maximum absolute atomic E-state index is 9.56. The van der Waals surface area contributed by atoms with Crippen LogP contribution in [0.1, 0.15) is 2.85 Å². The Bertz CT molecular complexity index is 146. The van der Waals surface area contributed by atoms with E-state index in [1.54, 1.807) is 0 Å². The van der Waals surface area contributed by atoms with Crippen LogP contribution in [0.4, 0.5) is 0 Å². The number of hydrogen-bond donors (Lipinski definition) is 3. The van der Waals surface area contributed by atoms with Gasteiger partial charge < -0.3 is 12.6 Å². The van der Waals surface area contributed by atoms with Crippen LogP contribution in [0.25, 0.3) is 0 Å². The van der Waals surface area contributed by atoms with E-state index in [4.69, 9.17) is 14.3 Å². The van der Waals surface area contributed by atoms with Gasteiger partial charge in [0.05, 0.1) is 0 Å². The molecule has 3 N–H and O–H groups in total. The third-order valence-corrected chi connectivity index (χ3v) is 1.45. The summed E-state index contributed by atoms with van der Waals surface area (Å²) < 4.78 is 29.8. The van der Waals surface area contributed by atoms with Crippen LogP contribution < -0.4 is 59.1 Å². The minimum Gasteiger partial charge on any atom is -1.00 e. The summed E-state index contributed by atoms with van der Waals surface area (Å²) >= 11 is -2.90. The standard InChI is InChI=1S/2Na.H3O6PS.2H/c;;1-7(2,3)6-8(4)5;;/h;;(H,4,5)(H2,1,2,3);;/q2*+1;;2*-1. The molecule has 0 aromatic carbocycles. The van der Waals surface area contributed by atoms with Crippen molar-refractivity contribution in [3.05, 3.63) is 0 Å². The van der Waals surface area contributed by atoms with Gasteiger partial charge in [0.1, 0.15) is 0 Å². The van der Waals surface area contributed by atoms with E-state index in [9.17, 15) is 8.77 Å². The smallest absolute Gasteiger partial charge is 1.00 e. The molecular weight excluding hydrogens is 205 g/mol. The molecule has 0 saturated carbocycles. The summed E-state index contributed by atoms with van der Waals surface area (Å²) in [5.74, 6) is 0. The summed E-state index contributed by atoms with van der Waals surface area (Å²) in [6, 6.07) is 0.